The van der Waals surface area contributed by atoms with Crippen LogP contribution in [0.2, 0.25) is 0 Å². The van der Waals surface area contributed by atoms with E-state index >= 15 is 0 Å². The summed E-state index contributed by atoms with van der Waals surface area (Å²) in [5, 5.41) is 8.36. The number of alkyl halides is 3. The number of benzene rings is 1. The van der Waals surface area contributed by atoms with Gasteiger partial charge < -0.3 is 9.80 Å². The molecule has 0 spiro atoms. The van der Waals surface area contributed by atoms with Gasteiger partial charge in [0.2, 0.25) is 0 Å². The maximum atomic E-state index is 12.8. The highest BCUT2D eigenvalue weighted by Crippen LogP contribution is 2.36. The van der Waals surface area contributed by atoms with E-state index in [9.17, 15) is 13.2 Å². The Balaban J connectivity index is 1.51. The number of anilines is 1. The Kier molecular flexibility index (Phi) is 6.47. The van der Waals surface area contributed by atoms with Crippen molar-refractivity contribution in [2.24, 2.45) is 16.1 Å². The summed E-state index contributed by atoms with van der Waals surface area (Å²) in [5.74, 6) is 1.60. The van der Waals surface area contributed by atoms with Gasteiger partial charge in [0.1, 0.15) is 0 Å². The highest BCUT2D eigenvalue weighted by Gasteiger charge is 2.41. The summed E-state index contributed by atoms with van der Waals surface area (Å²) in [5.41, 5.74) is 0.315. The van der Waals surface area contributed by atoms with Crippen molar-refractivity contribution in [3.8, 4) is 0 Å². The predicted molar refractivity (Wildman–Crippen MR) is 107 cm³/mol. The van der Waals surface area contributed by atoms with E-state index < -0.39 is 11.7 Å². The van der Waals surface area contributed by atoms with Crippen molar-refractivity contribution < 1.29 is 13.2 Å². The Morgan fingerprint density at radius 2 is 2.00 bits per heavy atom. The van der Waals surface area contributed by atoms with Crippen molar-refractivity contribution >= 4 is 29.2 Å². The molecule has 2 unspecified atom stereocenters. The zero-order chi connectivity index (χ0) is 19.4. The van der Waals surface area contributed by atoms with Gasteiger partial charge in [-0.3, -0.25) is 0 Å². The lowest BCUT2D eigenvalue weighted by atomic mass is 10.0. The van der Waals surface area contributed by atoms with Crippen molar-refractivity contribution in [3.63, 3.8) is 0 Å². The van der Waals surface area contributed by atoms with Crippen LogP contribution in [0.25, 0.3) is 0 Å². The molecule has 2 aliphatic heterocycles. The van der Waals surface area contributed by atoms with Gasteiger partial charge in [-0.1, -0.05) is 0 Å². The monoisotopic (exact) mass is 398 g/mol. The van der Waals surface area contributed by atoms with Crippen molar-refractivity contribution in [1.82, 2.24) is 4.90 Å². The highest BCUT2D eigenvalue weighted by molar-refractivity contribution is 8.13. The minimum atomic E-state index is -4.28. The molecule has 0 aliphatic carbocycles. The van der Waals surface area contributed by atoms with Crippen LogP contribution in [0.1, 0.15) is 25.3 Å². The molecule has 4 nitrogen and oxygen atoms in total. The molecule has 1 aromatic carbocycles. The molecule has 2 heterocycles. The second kappa shape index (κ2) is 8.65. The fraction of sp³-hybridized carbons (Fsp3) is 0.579. The Morgan fingerprint density at radius 1 is 1.26 bits per heavy atom. The summed E-state index contributed by atoms with van der Waals surface area (Å²) >= 11 is 1.69. The number of thioether (sulfide) groups is 1. The number of halogens is 3. The molecular weight excluding hydrogens is 373 g/mol. The van der Waals surface area contributed by atoms with Crippen LogP contribution in [0.3, 0.4) is 0 Å². The Labute approximate surface area is 162 Å². The minimum Gasteiger partial charge on any atom is -0.367 e. The number of fused-ring (bicyclic) bond motifs is 1. The summed E-state index contributed by atoms with van der Waals surface area (Å²) < 4.78 is 38.3. The molecule has 2 aliphatic rings. The molecule has 0 aromatic heterocycles. The first-order valence-electron chi connectivity index (χ1n) is 9.18. The third-order valence-corrected chi connectivity index (χ3v) is 6.28. The van der Waals surface area contributed by atoms with Crippen molar-refractivity contribution in [2.45, 2.75) is 32.0 Å². The van der Waals surface area contributed by atoms with Gasteiger partial charge in [0, 0.05) is 43.8 Å². The molecule has 0 N–H and O–H groups in total. The second-order valence-electron chi connectivity index (χ2n) is 7.08. The number of hydrogen-bond donors (Lipinski definition) is 0. The van der Waals surface area contributed by atoms with Gasteiger partial charge in [0.05, 0.1) is 10.6 Å². The standard InChI is InChI=1S/C19H25F3N4S/c1-14(24-23-2)27-11-3-9-25-12-15-8-10-26(18(15)13-25)17-6-4-16(5-7-17)19(20,21)22/h4-7,15,18H,2-3,8-13H2,1H3/b24-14+. The minimum absolute atomic E-state index is 0.405. The molecule has 0 bridgehead atoms. The zero-order valence-electron chi connectivity index (χ0n) is 15.5. The summed E-state index contributed by atoms with van der Waals surface area (Å²) in [6, 6.07) is 6.01. The van der Waals surface area contributed by atoms with Gasteiger partial charge in [0.25, 0.3) is 0 Å². The van der Waals surface area contributed by atoms with E-state index in [1.54, 1.807) is 23.9 Å². The van der Waals surface area contributed by atoms with Crippen LogP contribution in [0.5, 0.6) is 0 Å². The quantitative estimate of drug-likeness (QED) is 0.309. The Morgan fingerprint density at radius 3 is 2.67 bits per heavy atom. The summed E-state index contributed by atoms with van der Waals surface area (Å²) in [6.45, 7) is 9.31. The topological polar surface area (TPSA) is 31.2 Å². The van der Waals surface area contributed by atoms with Gasteiger partial charge in [-0.2, -0.15) is 18.3 Å². The van der Waals surface area contributed by atoms with Crippen molar-refractivity contribution in [1.29, 1.82) is 0 Å². The first-order valence-corrected chi connectivity index (χ1v) is 10.2. The van der Waals surface area contributed by atoms with E-state index in [1.807, 2.05) is 6.92 Å². The molecule has 27 heavy (non-hydrogen) atoms. The fourth-order valence-corrected chi connectivity index (χ4v) is 4.71. The zero-order valence-corrected chi connectivity index (χ0v) is 16.3. The van der Waals surface area contributed by atoms with Crippen molar-refractivity contribution in [3.05, 3.63) is 29.8 Å². The lowest BCUT2D eigenvalue weighted by molar-refractivity contribution is -0.137. The average molecular weight is 398 g/mol. The summed E-state index contributed by atoms with van der Waals surface area (Å²) in [6.07, 6.45) is -2.10. The van der Waals surface area contributed by atoms with Gasteiger partial charge in [-0.25, -0.2) is 0 Å². The van der Waals surface area contributed by atoms with Crippen LogP contribution in [-0.4, -0.2) is 54.6 Å². The normalized spacial score (nSPS) is 23.7. The number of likely N-dealkylation sites (tertiary alicyclic amines) is 1. The molecule has 8 heteroatoms. The smallest absolute Gasteiger partial charge is 0.367 e. The molecule has 2 fully saturated rings. The second-order valence-corrected chi connectivity index (χ2v) is 8.36. The molecule has 3 rings (SSSR count). The highest BCUT2D eigenvalue weighted by atomic mass is 32.2. The van der Waals surface area contributed by atoms with Gasteiger partial charge in [-0.15, -0.1) is 16.9 Å². The first-order chi connectivity index (χ1) is 12.9. The van der Waals surface area contributed by atoms with E-state index in [2.05, 4.69) is 26.7 Å². The Bertz CT molecular complexity index is 675. The van der Waals surface area contributed by atoms with Crippen LogP contribution in [-0.2, 0) is 6.18 Å². The molecule has 2 saturated heterocycles. The van der Waals surface area contributed by atoms with Crippen LogP contribution in [0.15, 0.2) is 34.5 Å². The van der Waals surface area contributed by atoms with Gasteiger partial charge >= 0.3 is 6.18 Å². The maximum absolute atomic E-state index is 12.8. The third kappa shape index (κ3) is 5.04. The fourth-order valence-electron chi connectivity index (χ4n) is 4.03. The summed E-state index contributed by atoms with van der Waals surface area (Å²) in [7, 11) is 0. The summed E-state index contributed by atoms with van der Waals surface area (Å²) in [4.78, 5) is 4.76. The van der Waals surface area contributed by atoms with E-state index in [1.165, 1.54) is 12.1 Å². The van der Waals surface area contributed by atoms with Gasteiger partial charge in [-0.05, 0) is 56.5 Å². The molecule has 0 saturated carbocycles. The molecule has 1 aromatic rings. The average Bonchev–Trinajstić information content (AvgIpc) is 3.18. The van der Waals surface area contributed by atoms with E-state index in [4.69, 9.17) is 0 Å². The molecule has 148 valence electrons. The number of nitrogens with zero attached hydrogens (tertiary/aromatic N) is 4. The lowest BCUT2D eigenvalue weighted by Gasteiger charge is -2.27. The van der Waals surface area contributed by atoms with Gasteiger partial charge in [0.15, 0.2) is 0 Å². The Hall–Kier alpha value is -1.54. The van der Waals surface area contributed by atoms with Crippen molar-refractivity contribution in [2.75, 3.05) is 36.8 Å². The predicted octanol–water partition coefficient (Wildman–Crippen LogP) is 4.37. The largest absolute Gasteiger partial charge is 0.416 e. The third-order valence-electron chi connectivity index (χ3n) is 5.29. The van der Waals surface area contributed by atoms with E-state index in [0.29, 0.717) is 12.0 Å². The number of hydrogen-bond acceptors (Lipinski definition) is 5. The number of rotatable bonds is 6. The SMILES string of the molecule is C=N/N=C(\C)SCCCN1CC2CCN(c3ccc(C(F)(F)F)cc3)C2C1. The molecule has 0 amide bonds. The van der Waals surface area contributed by atoms with Crippen LogP contribution >= 0.6 is 11.8 Å². The first kappa shape index (κ1) is 20.2. The van der Waals surface area contributed by atoms with E-state index in [0.717, 1.165) is 55.5 Å². The van der Waals surface area contributed by atoms with Crippen LogP contribution in [0, 0.1) is 5.92 Å². The molecule has 0 radical (unpaired) electrons. The molecular formula is C19H25F3N4S. The molecule has 2 atom stereocenters. The van der Waals surface area contributed by atoms with Crippen LogP contribution < -0.4 is 4.90 Å². The van der Waals surface area contributed by atoms with Crippen LogP contribution in [0.4, 0.5) is 18.9 Å². The maximum Gasteiger partial charge on any atom is 0.416 e. The lowest BCUT2D eigenvalue weighted by Crippen LogP contribution is -2.35. The van der Waals surface area contributed by atoms with E-state index in [-0.39, 0.29) is 0 Å².